The predicted molar refractivity (Wildman–Crippen MR) is 74.8 cm³/mol. The molecule has 0 bridgehead atoms. The lowest BCUT2D eigenvalue weighted by Crippen LogP contribution is -2.30. The Balaban J connectivity index is 2.25. The summed E-state index contributed by atoms with van der Waals surface area (Å²) in [6.07, 6.45) is -0.319. The lowest BCUT2D eigenvalue weighted by atomic mass is 10.0. The van der Waals surface area contributed by atoms with Crippen LogP contribution in [0.15, 0.2) is 28.8 Å². The van der Waals surface area contributed by atoms with Crippen molar-refractivity contribution < 1.29 is 23.6 Å². The third kappa shape index (κ3) is 3.49. The van der Waals surface area contributed by atoms with Crippen LogP contribution < -0.4 is 5.32 Å². The normalized spacial score (nSPS) is 12.0. The average molecular weight is 306 g/mol. The molecule has 0 saturated heterocycles. The van der Waals surface area contributed by atoms with Crippen LogP contribution in [0.1, 0.15) is 39.8 Å². The highest BCUT2D eigenvalue weighted by atomic mass is 19.1. The van der Waals surface area contributed by atoms with E-state index in [-0.39, 0.29) is 12.0 Å². The van der Waals surface area contributed by atoms with Crippen molar-refractivity contribution >= 4 is 11.9 Å². The molecule has 1 unspecified atom stereocenters. The van der Waals surface area contributed by atoms with E-state index in [1.165, 1.54) is 24.3 Å². The molecule has 116 valence electrons. The Morgan fingerprint density at radius 3 is 2.45 bits per heavy atom. The van der Waals surface area contributed by atoms with Crippen LogP contribution in [0.5, 0.6) is 0 Å². The van der Waals surface area contributed by atoms with Crippen molar-refractivity contribution in [3.05, 3.63) is 52.7 Å². The number of hydrogen-bond acceptors (Lipinski definition) is 4. The van der Waals surface area contributed by atoms with Crippen LogP contribution in [0.25, 0.3) is 0 Å². The zero-order chi connectivity index (χ0) is 16.3. The number of carbonyl (C=O) groups is 2. The minimum Gasteiger partial charge on any atom is -0.481 e. The van der Waals surface area contributed by atoms with Gasteiger partial charge in [0.2, 0.25) is 0 Å². The van der Waals surface area contributed by atoms with Crippen molar-refractivity contribution in [2.75, 3.05) is 0 Å². The first-order valence-electron chi connectivity index (χ1n) is 6.59. The monoisotopic (exact) mass is 306 g/mol. The third-order valence-corrected chi connectivity index (χ3v) is 3.22. The number of carboxylic acid groups (broad SMARTS) is 1. The molecule has 22 heavy (non-hydrogen) atoms. The Morgan fingerprint density at radius 2 is 1.95 bits per heavy atom. The lowest BCUT2D eigenvalue weighted by molar-refractivity contribution is -0.137. The van der Waals surface area contributed by atoms with E-state index in [4.69, 9.17) is 9.63 Å². The highest BCUT2D eigenvalue weighted by Gasteiger charge is 2.23. The maximum atomic E-state index is 13.0. The second kappa shape index (κ2) is 6.38. The second-order valence-corrected chi connectivity index (χ2v) is 4.87. The van der Waals surface area contributed by atoms with Crippen molar-refractivity contribution in [1.82, 2.24) is 10.5 Å². The van der Waals surface area contributed by atoms with Gasteiger partial charge in [-0.25, -0.2) is 4.39 Å². The standard InChI is InChI=1S/C15H15FN2O4/c1-8-14(9(2)22-18-8)15(21)17-12(7-13(19)20)10-3-5-11(16)6-4-10/h3-6,12H,7H2,1-2H3,(H,17,21)(H,19,20). The van der Waals surface area contributed by atoms with Gasteiger partial charge >= 0.3 is 5.97 Å². The minimum atomic E-state index is -1.08. The van der Waals surface area contributed by atoms with Crippen LogP contribution in [0.4, 0.5) is 4.39 Å². The molecule has 2 rings (SSSR count). The Hall–Kier alpha value is -2.70. The number of carboxylic acids is 1. The first-order valence-corrected chi connectivity index (χ1v) is 6.59. The number of aryl methyl sites for hydroxylation is 2. The van der Waals surface area contributed by atoms with E-state index in [2.05, 4.69) is 10.5 Å². The third-order valence-electron chi connectivity index (χ3n) is 3.22. The topological polar surface area (TPSA) is 92.4 Å². The van der Waals surface area contributed by atoms with E-state index in [9.17, 15) is 14.0 Å². The van der Waals surface area contributed by atoms with Gasteiger partial charge in [0.25, 0.3) is 5.91 Å². The van der Waals surface area contributed by atoms with E-state index in [1.807, 2.05) is 0 Å². The van der Waals surface area contributed by atoms with Gasteiger partial charge in [0.1, 0.15) is 17.1 Å². The molecule has 7 heteroatoms. The fourth-order valence-corrected chi connectivity index (χ4v) is 2.16. The molecule has 0 radical (unpaired) electrons. The molecule has 2 aromatic rings. The van der Waals surface area contributed by atoms with Gasteiger partial charge in [0.15, 0.2) is 0 Å². The number of aliphatic carboxylic acids is 1. The number of aromatic nitrogens is 1. The van der Waals surface area contributed by atoms with Gasteiger partial charge in [-0.05, 0) is 31.5 Å². The van der Waals surface area contributed by atoms with Gasteiger partial charge < -0.3 is 14.9 Å². The molecule has 1 atom stereocenters. The first kappa shape index (κ1) is 15.7. The Kier molecular flexibility index (Phi) is 4.55. The van der Waals surface area contributed by atoms with Crippen LogP contribution in [0, 0.1) is 19.7 Å². The van der Waals surface area contributed by atoms with Crippen LogP contribution >= 0.6 is 0 Å². The van der Waals surface area contributed by atoms with Crippen molar-refractivity contribution in [1.29, 1.82) is 0 Å². The molecule has 0 aliphatic heterocycles. The summed E-state index contributed by atoms with van der Waals surface area (Å²) in [5, 5.41) is 15.3. The SMILES string of the molecule is Cc1noc(C)c1C(=O)NC(CC(=O)O)c1ccc(F)cc1. The number of amides is 1. The largest absolute Gasteiger partial charge is 0.481 e. The summed E-state index contributed by atoms with van der Waals surface area (Å²) < 4.78 is 17.9. The number of halogens is 1. The predicted octanol–water partition coefficient (Wildman–Crippen LogP) is 2.38. The number of nitrogens with zero attached hydrogens (tertiary/aromatic N) is 1. The number of carbonyl (C=O) groups excluding carboxylic acids is 1. The van der Waals surface area contributed by atoms with Crippen molar-refractivity contribution in [3.8, 4) is 0 Å². The van der Waals surface area contributed by atoms with Gasteiger partial charge in [-0.1, -0.05) is 17.3 Å². The van der Waals surface area contributed by atoms with Crippen LogP contribution in [-0.4, -0.2) is 22.1 Å². The van der Waals surface area contributed by atoms with Crippen LogP contribution in [0.2, 0.25) is 0 Å². The molecule has 1 aromatic carbocycles. The number of rotatable bonds is 5. The number of benzene rings is 1. The van der Waals surface area contributed by atoms with E-state index in [0.29, 0.717) is 17.0 Å². The Morgan fingerprint density at radius 1 is 1.32 bits per heavy atom. The van der Waals surface area contributed by atoms with Gasteiger partial charge in [-0.3, -0.25) is 9.59 Å². The van der Waals surface area contributed by atoms with Crippen LogP contribution in [0.3, 0.4) is 0 Å². The molecule has 0 fully saturated rings. The summed E-state index contributed by atoms with van der Waals surface area (Å²) >= 11 is 0. The van der Waals surface area contributed by atoms with Crippen LogP contribution in [-0.2, 0) is 4.79 Å². The summed E-state index contributed by atoms with van der Waals surface area (Å²) in [5.41, 5.74) is 1.20. The van der Waals surface area contributed by atoms with Gasteiger partial charge in [-0.15, -0.1) is 0 Å². The Labute approximate surface area is 125 Å². The van der Waals surface area contributed by atoms with Gasteiger partial charge in [0.05, 0.1) is 18.2 Å². The summed E-state index contributed by atoms with van der Waals surface area (Å²) in [7, 11) is 0. The quantitative estimate of drug-likeness (QED) is 0.884. The van der Waals surface area contributed by atoms with E-state index in [1.54, 1.807) is 13.8 Å². The minimum absolute atomic E-state index is 0.275. The lowest BCUT2D eigenvalue weighted by Gasteiger charge is -2.17. The molecular weight excluding hydrogens is 291 g/mol. The summed E-state index contributed by atoms with van der Waals surface area (Å²) in [4.78, 5) is 23.3. The molecule has 2 N–H and O–H groups in total. The van der Waals surface area contributed by atoms with E-state index < -0.39 is 23.7 Å². The summed E-state index contributed by atoms with van der Waals surface area (Å²) in [6, 6.07) is 4.53. The second-order valence-electron chi connectivity index (χ2n) is 4.87. The molecule has 1 aromatic heterocycles. The van der Waals surface area contributed by atoms with E-state index >= 15 is 0 Å². The molecule has 1 amide bonds. The molecule has 0 spiro atoms. The molecular formula is C15H15FN2O4. The fourth-order valence-electron chi connectivity index (χ4n) is 2.16. The molecule has 0 aliphatic carbocycles. The van der Waals surface area contributed by atoms with Gasteiger partial charge in [-0.2, -0.15) is 0 Å². The molecule has 0 saturated carbocycles. The number of hydrogen-bond donors (Lipinski definition) is 2. The maximum absolute atomic E-state index is 13.0. The van der Waals surface area contributed by atoms with Gasteiger partial charge in [0, 0.05) is 0 Å². The molecule has 6 nitrogen and oxygen atoms in total. The smallest absolute Gasteiger partial charge is 0.305 e. The van der Waals surface area contributed by atoms with Crippen molar-refractivity contribution in [2.24, 2.45) is 0 Å². The highest BCUT2D eigenvalue weighted by Crippen LogP contribution is 2.20. The molecule has 1 heterocycles. The zero-order valence-corrected chi connectivity index (χ0v) is 12.1. The fraction of sp³-hybridized carbons (Fsp3) is 0.267. The van der Waals surface area contributed by atoms with Crippen molar-refractivity contribution in [2.45, 2.75) is 26.3 Å². The molecule has 0 aliphatic rings. The summed E-state index contributed by atoms with van der Waals surface area (Å²) in [6.45, 7) is 3.22. The van der Waals surface area contributed by atoms with Crippen molar-refractivity contribution in [3.63, 3.8) is 0 Å². The Bertz CT molecular complexity index is 675. The highest BCUT2D eigenvalue weighted by molar-refractivity contribution is 5.96. The maximum Gasteiger partial charge on any atom is 0.305 e. The van der Waals surface area contributed by atoms with E-state index in [0.717, 1.165) is 0 Å². The number of nitrogens with one attached hydrogen (secondary N) is 1. The summed E-state index contributed by atoms with van der Waals surface area (Å²) in [5.74, 6) is -1.64. The first-order chi connectivity index (χ1) is 10.4. The average Bonchev–Trinajstić information content (AvgIpc) is 2.77. The zero-order valence-electron chi connectivity index (χ0n) is 12.1.